The molecule has 0 saturated heterocycles. The molecule has 1 aliphatic rings. The topological polar surface area (TPSA) is 72.8 Å². The van der Waals surface area contributed by atoms with E-state index in [-0.39, 0.29) is 41.8 Å². The SMILES string of the molecule is O=C1c2c(OCc3ccccc3)c(=O)ccn2NCN1CC/C=C/COc1cc(F)ccc1Cc1ccccc1. The van der Waals surface area contributed by atoms with Crippen molar-refractivity contribution in [3.63, 3.8) is 0 Å². The van der Waals surface area contributed by atoms with E-state index in [1.54, 1.807) is 11.0 Å². The number of pyridine rings is 1. The molecule has 1 aromatic heterocycles. The number of hydrogen-bond donors (Lipinski definition) is 1. The normalized spacial score (nSPS) is 12.7. The van der Waals surface area contributed by atoms with Crippen LogP contribution in [0.1, 0.15) is 33.6 Å². The second kappa shape index (κ2) is 12.8. The summed E-state index contributed by atoms with van der Waals surface area (Å²) < 4.78 is 27.1. The van der Waals surface area contributed by atoms with Gasteiger partial charge in [-0.15, -0.1) is 0 Å². The highest BCUT2D eigenvalue weighted by Crippen LogP contribution is 2.23. The first-order valence-electron chi connectivity index (χ1n) is 13.1. The van der Waals surface area contributed by atoms with E-state index in [2.05, 4.69) is 5.43 Å². The van der Waals surface area contributed by atoms with Crippen molar-refractivity contribution in [3.8, 4) is 11.5 Å². The van der Waals surface area contributed by atoms with Crippen molar-refractivity contribution in [2.45, 2.75) is 19.4 Å². The number of benzene rings is 3. The Labute approximate surface area is 232 Å². The summed E-state index contributed by atoms with van der Waals surface area (Å²) in [4.78, 5) is 27.5. The summed E-state index contributed by atoms with van der Waals surface area (Å²) in [5.41, 5.74) is 5.89. The molecular weight excluding hydrogens is 509 g/mol. The van der Waals surface area contributed by atoms with E-state index in [1.165, 1.54) is 29.1 Å². The van der Waals surface area contributed by atoms with Crippen LogP contribution in [-0.4, -0.2) is 35.3 Å². The van der Waals surface area contributed by atoms with Gasteiger partial charge in [0.2, 0.25) is 5.43 Å². The minimum absolute atomic E-state index is 0.0268. The third kappa shape index (κ3) is 6.58. The van der Waals surface area contributed by atoms with E-state index in [0.29, 0.717) is 31.8 Å². The molecule has 0 aliphatic carbocycles. The van der Waals surface area contributed by atoms with Gasteiger partial charge in [-0.25, -0.2) is 4.39 Å². The highest BCUT2D eigenvalue weighted by molar-refractivity contribution is 5.96. The molecular formula is C32H30FN3O4. The first-order chi connectivity index (χ1) is 19.6. The van der Waals surface area contributed by atoms with Crippen molar-refractivity contribution in [1.82, 2.24) is 9.58 Å². The Morgan fingerprint density at radius 3 is 2.40 bits per heavy atom. The third-order valence-corrected chi connectivity index (χ3v) is 6.54. The molecule has 1 N–H and O–H groups in total. The standard InChI is InChI=1S/C32H30FN3O4/c33-27-15-14-26(20-24-10-4-1-5-11-24)29(21-27)39-19-9-3-8-17-35-23-34-36-18-16-28(37)31(30(36)32(35)38)40-22-25-12-6-2-7-13-25/h1-7,9-16,18,21,34H,8,17,19-20,22-23H2/b9-3+. The minimum Gasteiger partial charge on any atom is -0.489 e. The molecule has 0 spiro atoms. The largest absolute Gasteiger partial charge is 0.489 e. The smallest absolute Gasteiger partial charge is 0.277 e. The fraction of sp³-hybridized carbons (Fsp3) is 0.188. The summed E-state index contributed by atoms with van der Waals surface area (Å²) in [5.74, 6) is -0.0965. The van der Waals surface area contributed by atoms with Gasteiger partial charge in [-0.05, 0) is 29.2 Å². The number of halogens is 1. The van der Waals surface area contributed by atoms with Crippen LogP contribution in [0, 0.1) is 5.82 Å². The summed E-state index contributed by atoms with van der Waals surface area (Å²) in [7, 11) is 0. The summed E-state index contributed by atoms with van der Waals surface area (Å²) in [6.45, 7) is 1.18. The highest BCUT2D eigenvalue weighted by Gasteiger charge is 2.28. The van der Waals surface area contributed by atoms with Crippen molar-refractivity contribution in [2.24, 2.45) is 0 Å². The van der Waals surface area contributed by atoms with Gasteiger partial charge in [-0.1, -0.05) is 78.9 Å². The van der Waals surface area contributed by atoms with E-state index < -0.39 is 0 Å². The number of nitrogens with one attached hydrogen (secondary N) is 1. The maximum Gasteiger partial charge on any atom is 0.277 e. The number of rotatable bonds is 11. The third-order valence-electron chi connectivity index (χ3n) is 6.54. The Kier molecular flexibility index (Phi) is 8.56. The molecule has 1 amide bonds. The Hall–Kier alpha value is -4.85. The summed E-state index contributed by atoms with van der Waals surface area (Å²) in [6, 6.07) is 25.4. The van der Waals surface area contributed by atoms with E-state index >= 15 is 0 Å². The first kappa shape index (κ1) is 26.7. The van der Waals surface area contributed by atoms with Crippen LogP contribution in [-0.2, 0) is 13.0 Å². The molecule has 204 valence electrons. The molecule has 8 heteroatoms. The molecule has 4 aromatic rings. The number of nitrogens with zero attached hydrogens (tertiary/aromatic N) is 2. The summed E-state index contributed by atoms with van der Waals surface area (Å²) >= 11 is 0. The Bertz CT molecular complexity index is 1540. The van der Waals surface area contributed by atoms with Crippen LogP contribution in [0.2, 0.25) is 0 Å². The molecule has 0 unspecified atom stereocenters. The lowest BCUT2D eigenvalue weighted by Gasteiger charge is -2.31. The fourth-order valence-electron chi connectivity index (χ4n) is 4.46. The number of carbonyl (C=O) groups excluding carboxylic acids is 1. The van der Waals surface area contributed by atoms with Gasteiger partial charge in [0.1, 0.15) is 31.4 Å². The van der Waals surface area contributed by atoms with E-state index in [4.69, 9.17) is 9.47 Å². The minimum atomic E-state index is -0.349. The molecule has 0 fully saturated rings. The average molecular weight is 540 g/mol. The van der Waals surface area contributed by atoms with Gasteiger partial charge in [0.25, 0.3) is 5.91 Å². The fourth-order valence-corrected chi connectivity index (χ4v) is 4.46. The van der Waals surface area contributed by atoms with E-state index in [9.17, 15) is 14.0 Å². The summed E-state index contributed by atoms with van der Waals surface area (Å²) in [5, 5.41) is 0. The van der Waals surface area contributed by atoms with E-state index in [0.717, 1.165) is 16.7 Å². The molecule has 3 aromatic carbocycles. The average Bonchev–Trinajstić information content (AvgIpc) is 2.98. The number of amides is 1. The first-order valence-corrected chi connectivity index (χ1v) is 13.1. The second-order valence-electron chi connectivity index (χ2n) is 9.37. The maximum atomic E-state index is 13.9. The van der Waals surface area contributed by atoms with Crippen LogP contribution < -0.4 is 20.3 Å². The zero-order valence-corrected chi connectivity index (χ0v) is 22.0. The van der Waals surface area contributed by atoms with Crippen molar-refractivity contribution in [3.05, 3.63) is 142 Å². The lowest BCUT2D eigenvalue weighted by molar-refractivity contribution is 0.0722. The lowest BCUT2D eigenvalue weighted by Crippen LogP contribution is -2.46. The van der Waals surface area contributed by atoms with Crippen molar-refractivity contribution in [2.75, 3.05) is 25.2 Å². The molecule has 0 atom stereocenters. The molecule has 1 aliphatic heterocycles. The van der Waals surface area contributed by atoms with Crippen molar-refractivity contribution < 1.29 is 18.7 Å². The monoisotopic (exact) mass is 539 g/mol. The highest BCUT2D eigenvalue weighted by atomic mass is 19.1. The molecule has 2 heterocycles. The van der Waals surface area contributed by atoms with Crippen molar-refractivity contribution in [1.29, 1.82) is 0 Å². The Morgan fingerprint density at radius 2 is 1.62 bits per heavy atom. The predicted octanol–water partition coefficient (Wildman–Crippen LogP) is 5.14. The van der Waals surface area contributed by atoms with Crippen molar-refractivity contribution >= 4 is 5.91 Å². The molecule has 40 heavy (non-hydrogen) atoms. The number of ether oxygens (including phenoxy) is 2. The molecule has 0 bridgehead atoms. The van der Waals surface area contributed by atoms with Crippen LogP contribution >= 0.6 is 0 Å². The zero-order valence-electron chi connectivity index (χ0n) is 22.0. The molecule has 0 radical (unpaired) electrons. The number of carbonyl (C=O) groups is 1. The second-order valence-corrected chi connectivity index (χ2v) is 9.37. The van der Waals surface area contributed by atoms with Gasteiger partial charge in [0.15, 0.2) is 11.4 Å². The van der Waals surface area contributed by atoms with E-state index in [1.807, 2.05) is 72.8 Å². The Morgan fingerprint density at radius 1 is 0.875 bits per heavy atom. The van der Waals surface area contributed by atoms with Crippen LogP contribution in [0.25, 0.3) is 0 Å². The van der Waals surface area contributed by atoms with Gasteiger partial charge in [0.05, 0.1) is 0 Å². The van der Waals surface area contributed by atoms with Crippen LogP contribution in [0.5, 0.6) is 11.5 Å². The zero-order chi connectivity index (χ0) is 27.7. The maximum absolute atomic E-state index is 13.9. The molecule has 0 saturated carbocycles. The number of aromatic nitrogens is 1. The Balaban J connectivity index is 1.16. The van der Waals surface area contributed by atoms with Crippen LogP contribution in [0.15, 0.2) is 108 Å². The van der Waals surface area contributed by atoms with Gasteiger partial charge < -0.3 is 19.8 Å². The quantitative estimate of drug-likeness (QED) is 0.267. The number of fused-ring (bicyclic) bond motifs is 1. The predicted molar refractivity (Wildman–Crippen MR) is 152 cm³/mol. The van der Waals surface area contributed by atoms with Crippen LogP contribution in [0.3, 0.4) is 0 Å². The lowest BCUT2D eigenvalue weighted by atomic mass is 10.0. The van der Waals surface area contributed by atoms with Gasteiger partial charge in [0, 0.05) is 31.3 Å². The van der Waals surface area contributed by atoms with Gasteiger partial charge in [-0.3, -0.25) is 14.3 Å². The van der Waals surface area contributed by atoms with Gasteiger partial charge in [-0.2, -0.15) is 0 Å². The van der Waals surface area contributed by atoms with Crippen LogP contribution in [0.4, 0.5) is 4.39 Å². The summed E-state index contributed by atoms with van der Waals surface area (Å²) in [6.07, 6.45) is 6.53. The molecule has 5 rings (SSSR count). The van der Waals surface area contributed by atoms with Gasteiger partial charge >= 0.3 is 0 Å². The number of hydrogen-bond acceptors (Lipinski definition) is 5. The molecule has 7 nitrogen and oxygen atoms in total.